The van der Waals surface area contributed by atoms with Crippen LogP contribution in [0, 0.1) is 5.92 Å². The zero-order valence-electron chi connectivity index (χ0n) is 8.14. The molecule has 0 saturated carbocycles. The summed E-state index contributed by atoms with van der Waals surface area (Å²) in [4.78, 5) is 7.99. The maximum absolute atomic E-state index is 9.64. The van der Waals surface area contributed by atoms with Gasteiger partial charge in [0, 0.05) is 12.4 Å². The SMILES string of the molecule is CC(C)CCC(O)c1ncccn1. The Kier molecular flexibility index (Phi) is 3.83. The predicted molar refractivity (Wildman–Crippen MR) is 51.1 cm³/mol. The Balaban J connectivity index is 2.44. The molecule has 0 bridgehead atoms. The number of hydrogen-bond acceptors (Lipinski definition) is 3. The molecular weight excluding hydrogens is 164 g/mol. The molecule has 0 amide bonds. The first-order valence-electron chi connectivity index (χ1n) is 4.65. The second kappa shape index (κ2) is 4.92. The summed E-state index contributed by atoms with van der Waals surface area (Å²) in [5.41, 5.74) is 0. The summed E-state index contributed by atoms with van der Waals surface area (Å²) in [5.74, 6) is 1.14. The number of aliphatic hydroxyl groups is 1. The fourth-order valence-electron chi connectivity index (χ4n) is 1.10. The molecule has 1 rings (SSSR count). The van der Waals surface area contributed by atoms with Gasteiger partial charge in [0.2, 0.25) is 0 Å². The lowest BCUT2D eigenvalue weighted by Crippen LogP contribution is -2.04. The summed E-state index contributed by atoms with van der Waals surface area (Å²) < 4.78 is 0. The highest BCUT2D eigenvalue weighted by Crippen LogP contribution is 2.16. The van der Waals surface area contributed by atoms with Gasteiger partial charge >= 0.3 is 0 Å². The zero-order chi connectivity index (χ0) is 9.68. The first kappa shape index (κ1) is 10.1. The summed E-state index contributed by atoms with van der Waals surface area (Å²) in [6, 6.07) is 1.75. The third kappa shape index (κ3) is 3.51. The summed E-state index contributed by atoms with van der Waals surface area (Å²) in [6.45, 7) is 4.27. The number of aliphatic hydroxyl groups excluding tert-OH is 1. The third-order valence-corrected chi connectivity index (χ3v) is 1.90. The highest BCUT2D eigenvalue weighted by molar-refractivity contribution is 4.92. The third-order valence-electron chi connectivity index (χ3n) is 1.90. The molecule has 0 aromatic carbocycles. The quantitative estimate of drug-likeness (QED) is 0.770. The van der Waals surface area contributed by atoms with Crippen molar-refractivity contribution in [1.29, 1.82) is 0 Å². The number of nitrogens with zero attached hydrogens (tertiary/aromatic N) is 2. The molecule has 13 heavy (non-hydrogen) atoms. The van der Waals surface area contributed by atoms with E-state index in [-0.39, 0.29) is 0 Å². The van der Waals surface area contributed by atoms with Crippen LogP contribution in [-0.2, 0) is 0 Å². The average Bonchev–Trinajstić information content (AvgIpc) is 2.15. The molecule has 3 heteroatoms. The van der Waals surface area contributed by atoms with Gasteiger partial charge in [-0.2, -0.15) is 0 Å². The lowest BCUT2D eigenvalue weighted by molar-refractivity contribution is 0.149. The number of rotatable bonds is 4. The van der Waals surface area contributed by atoms with E-state index in [1.54, 1.807) is 18.5 Å². The molecule has 0 aliphatic rings. The summed E-state index contributed by atoms with van der Waals surface area (Å²) in [7, 11) is 0. The average molecular weight is 180 g/mol. The Morgan fingerprint density at radius 3 is 2.38 bits per heavy atom. The van der Waals surface area contributed by atoms with E-state index >= 15 is 0 Å². The van der Waals surface area contributed by atoms with Crippen LogP contribution in [0.1, 0.15) is 38.6 Å². The van der Waals surface area contributed by atoms with Crippen molar-refractivity contribution in [3.8, 4) is 0 Å². The van der Waals surface area contributed by atoms with E-state index in [0.717, 1.165) is 12.8 Å². The Morgan fingerprint density at radius 2 is 1.85 bits per heavy atom. The van der Waals surface area contributed by atoms with Crippen LogP contribution in [0.25, 0.3) is 0 Å². The van der Waals surface area contributed by atoms with E-state index in [1.807, 2.05) is 0 Å². The number of hydrogen-bond donors (Lipinski definition) is 1. The molecule has 1 N–H and O–H groups in total. The van der Waals surface area contributed by atoms with E-state index in [4.69, 9.17) is 0 Å². The molecule has 1 atom stereocenters. The molecule has 72 valence electrons. The molecular formula is C10H16N2O. The van der Waals surface area contributed by atoms with Crippen molar-refractivity contribution in [3.63, 3.8) is 0 Å². The van der Waals surface area contributed by atoms with Gasteiger partial charge in [0.25, 0.3) is 0 Å². The first-order valence-corrected chi connectivity index (χ1v) is 4.65. The van der Waals surface area contributed by atoms with E-state index in [2.05, 4.69) is 23.8 Å². The minimum Gasteiger partial charge on any atom is -0.385 e. The van der Waals surface area contributed by atoms with Crippen LogP contribution in [0.3, 0.4) is 0 Å². The van der Waals surface area contributed by atoms with Gasteiger partial charge < -0.3 is 5.11 Å². The Bertz CT molecular complexity index is 236. The van der Waals surface area contributed by atoms with Crippen molar-refractivity contribution >= 4 is 0 Å². The lowest BCUT2D eigenvalue weighted by Gasteiger charge is -2.09. The first-order chi connectivity index (χ1) is 6.20. The smallest absolute Gasteiger partial charge is 0.156 e. The van der Waals surface area contributed by atoms with Crippen molar-refractivity contribution < 1.29 is 5.11 Å². The van der Waals surface area contributed by atoms with Gasteiger partial charge in [-0.15, -0.1) is 0 Å². The van der Waals surface area contributed by atoms with Crippen LogP contribution in [0.5, 0.6) is 0 Å². The van der Waals surface area contributed by atoms with Crippen LogP contribution in [0.15, 0.2) is 18.5 Å². The summed E-state index contributed by atoms with van der Waals surface area (Å²) in [5, 5.41) is 9.64. The molecule has 1 aromatic rings. The fraction of sp³-hybridized carbons (Fsp3) is 0.600. The van der Waals surface area contributed by atoms with Gasteiger partial charge in [-0.1, -0.05) is 13.8 Å². The number of aromatic nitrogens is 2. The lowest BCUT2D eigenvalue weighted by atomic mass is 10.0. The molecule has 0 saturated heterocycles. The van der Waals surface area contributed by atoms with Crippen molar-refractivity contribution in [3.05, 3.63) is 24.3 Å². The van der Waals surface area contributed by atoms with Crippen LogP contribution < -0.4 is 0 Å². The van der Waals surface area contributed by atoms with Crippen LogP contribution in [0.2, 0.25) is 0 Å². The molecule has 3 nitrogen and oxygen atoms in total. The van der Waals surface area contributed by atoms with E-state index in [0.29, 0.717) is 11.7 Å². The molecule has 0 spiro atoms. The second-order valence-electron chi connectivity index (χ2n) is 3.59. The topological polar surface area (TPSA) is 46.0 Å². The van der Waals surface area contributed by atoms with Crippen LogP contribution >= 0.6 is 0 Å². The molecule has 1 aromatic heterocycles. The zero-order valence-corrected chi connectivity index (χ0v) is 8.14. The second-order valence-corrected chi connectivity index (χ2v) is 3.59. The Hall–Kier alpha value is -0.960. The Labute approximate surface area is 78.9 Å². The minimum absolute atomic E-state index is 0.511. The van der Waals surface area contributed by atoms with Gasteiger partial charge in [0.15, 0.2) is 5.82 Å². The maximum atomic E-state index is 9.64. The van der Waals surface area contributed by atoms with E-state index in [9.17, 15) is 5.11 Å². The highest BCUT2D eigenvalue weighted by atomic mass is 16.3. The van der Waals surface area contributed by atoms with Crippen molar-refractivity contribution in [2.45, 2.75) is 32.8 Å². The van der Waals surface area contributed by atoms with Gasteiger partial charge in [0.1, 0.15) is 6.10 Å². The summed E-state index contributed by atoms with van der Waals surface area (Å²) >= 11 is 0. The van der Waals surface area contributed by atoms with Crippen LogP contribution in [-0.4, -0.2) is 15.1 Å². The van der Waals surface area contributed by atoms with E-state index in [1.165, 1.54) is 0 Å². The molecule has 0 aliphatic heterocycles. The molecule has 1 unspecified atom stereocenters. The van der Waals surface area contributed by atoms with Crippen molar-refractivity contribution in [1.82, 2.24) is 9.97 Å². The normalized spacial score (nSPS) is 13.2. The van der Waals surface area contributed by atoms with Gasteiger partial charge in [-0.3, -0.25) is 0 Å². The predicted octanol–water partition coefficient (Wildman–Crippen LogP) is 1.95. The van der Waals surface area contributed by atoms with Crippen molar-refractivity contribution in [2.75, 3.05) is 0 Å². The maximum Gasteiger partial charge on any atom is 0.156 e. The monoisotopic (exact) mass is 180 g/mol. The molecule has 0 radical (unpaired) electrons. The molecule has 0 fully saturated rings. The standard InChI is InChI=1S/C10H16N2O/c1-8(2)4-5-9(13)10-11-6-3-7-12-10/h3,6-9,13H,4-5H2,1-2H3. The largest absolute Gasteiger partial charge is 0.385 e. The van der Waals surface area contributed by atoms with Gasteiger partial charge in [0.05, 0.1) is 0 Å². The van der Waals surface area contributed by atoms with Gasteiger partial charge in [-0.05, 0) is 24.8 Å². The fourth-order valence-corrected chi connectivity index (χ4v) is 1.10. The van der Waals surface area contributed by atoms with Crippen LogP contribution in [0.4, 0.5) is 0 Å². The highest BCUT2D eigenvalue weighted by Gasteiger charge is 2.09. The summed E-state index contributed by atoms with van der Waals surface area (Å²) in [6.07, 6.45) is 4.53. The van der Waals surface area contributed by atoms with E-state index < -0.39 is 6.10 Å². The minimum atomic E-state index is -0.511. The Morgan fingerprint density at radius 1 is 1.23 bits per heavy atom. The molecule has 1 heterocycles. The molecule has 0 aliphatic carbocycles. The van der Waals surface area contributed by atoms with Gasteiger partial charge in [-0.25, -0.2) is 9.97 Å². The van der Waals surface area contributed by atoms with Crippen molar-refractivity contribution in [2.24, 2.45) is 5.92 Å².